The molecule has 0 saturated heterocycles. The second kappa shape index (κ2) is 5.79. The number of likely N-dealkylation sites (N-methyl/N-ethyl adjacent to an activating group) is 1. The average Bonchev–Trinajstić information content (AvgIpc) is 2.79. The Morgan fingerprint density at radius 1 is 1.29 bits per heavy atom. The third-order valence-corrected chi connectivity index (χ3v) is 4.98. The molecule has 0 aliphatic rings. The van der Waals surface area contributed by atoms with Gasteiger partial charge in [0.15, 0.2) is 0 Å². The lowest BCUT2D eigenvalue weighted by molar-refractivity contribution is 0.425. The molecule has 6 heteroatoms. The van der Waals surface area contributed by atoms with Gasteiger partial charge in [-0.1, -0.05) is 0 Å². The number of hydrogen-bond acceptors (Lipinski definition) is 5. The standard InChI is InChI=1S/C15H17BrN4S/c1-20(2)6-5-18-15-11-8-13(16)21-14(11)10-4-3-9(17)7-12(10)19-15/h3-4,7-8H,5-6,17H2,1-2H3,(H,18,19). The molecule has 21 heavy (non-hydrogen) atoms. The number of hydrogen-bond donors (Lipinski definition) is 2. The Kier molecular flexibility index (Phi) is 4.01. The summed E-state index contributed by atoms with van der Waals surface area (Å²) in [5.74, 6) is 0.923. The van der Waals surface area contributed by atoms with Gasteiger partial charge >= 0.3 is 0 Å². The van der Waals surface area contributed by atoms with E-state index in [1.54, 1.807) is 11.3 Å². The number of nitrogens with two attached hydrogens (primary N) is 1. The third kappa shape index (κ3) is 2.97. The molecule has 0 aliphatic heterocycles. The van der Waals surface area contributed by atoms with E-state index in [2.05, 4.69) is 46.3 Å². The maximum absolute atomic E-state index is 5.89. The zero-order valence-corrected chi connectivity index (χ0v) is 14.4. The van der Waals surface area contributed by atoms with Gasteiger partial charge in [-0.2, -0.15) is 0 Å². The van der Waals surface area contributed by atoms with Crippen LogP contribution in [0.2, 0.25) is 0 Å². The van der Waals surface area contributed by atoms with E-state index in [4.69, 9.17) is 10.7 Å². The number of nitrogen functional groups attached to an aromatic ring is 1. The molecule has 0 saturated carbocycles. The van der Waals surface area contributed by atoms with E-state index >= 15 is 0 Å². The van der Waals surface area contributed by atoms with Crippen molar-refractivity contribution >= 4 is 59.8 Å². The highest BCUT2D eigenvalue weighted by Crippen LogP contribution is 2.38. The Labute approximate surface area is 136 Å². The van der Waals surface area contributed by atoms with E-state index in [1.165, 1.54) is 4.70 Å². The Morgan fingerprint density at radius 3 is 2.86 bits per heavy atom. The minimum absolute atomic E-state index is 0.740. The average molecular weight is 365 g/mol. The summed E-state index contributed by atoms with van der Waals surface area (Å²) < 4.78 is 2.35. The largest absolute Gasteiger partial charge is 0.399 e. The van der Waals surface area contributed by atoms with Gasteiger partial charge in [-0.05, 0) is 54.3 Å². The number of fused-ring (bicyclic) bond motifs is 3. The van der Waals surface area contributed by atoms with Gasteiger partial charge < -0.3 is 16.0 Å². The number of nitrogens with one attached hydrogen (secondary N) is 1. The maximum atomic E-state index is 5.89. The monoisotopic (exact) mass is 364 g/mol. The first-order valence-electron chi connectivity index (χ1n) is 6.71. The lowest BCUT2D eigenvalue weighted by Crippen LogP contribution is -2.21. The lowest BCUT2D eigenvalue weighted by atomic mass is 10.1. The summed E-state index contributed by atoms with van der Waals surface area (Å²) in [6.07, 6.45) is 0. The number of anilines is 2. The van der Waals surface area contributed by atoms with Crippen LogP contribution in [-0.4, -0.2) is 37.1 Å². The third-order valence-electron chi connectivity index (χ3n) is 3.31. The van der Waals surface area contributed by atoms with Crippen LogP contribution in [0.4, 0.5) is 11.5 Å². The van der Waals surface area contributed by atoms with Gasteiger partial charge in [-0.15, -0.1) is 11.3 Å². The summed E-state index contributed by atoms with van der Waals surface area (Å²) in [6.45, 7) is 1.82. The van der Waals surface area contributed by atoms with Crippen LogP contribution in [0.3, 0.4) is 0 Å². The number of nitrogens with zero attached hydrogens (tertiary/aromatic N) is 2. The summed E-state index contributed by atoms with van der Waals surface area (Å²) in [4.78, 5) is 6.90. The molecule has 0 fully saturated rings. The predicted molar refractivity (Wildman–Crippen MR) is 96.3 cm³/mol. The van der Waals surface area contributed by atoms with Crippen molar-refractivity contribution in [2.45, 2.75) is 0 Å². The van der Waals surface area contributed by atoms with Crippen LogP contribution in [0.1, 0.15) is 0 Å². The quantitative estimate of drug-likeness (QED) is 0.691. The van der Waals surface area contributed by atoms with Gasteiger partial charge in [-0.25, -0.2) is 4.98 Å². The van der Waals surface area contributed by atoms with E-state index in [9.17, 15) is 0 Å². The second-order valence-corrected chi connectivity index (χ2v) is 7.69. The molecule has 0 bridgehead atoms. The van der Waals surface area contributed by atoms with Gasteiger partial charge in [0.05, 0.1) is 9.30 Å². The van der Waals surface area contributed by atoms with E-state index in [1.807, 2.05) is 18.2 Å². The highest BCUT2D eigenvalue weighted by Gasteiger charge is 2.11. The summed E-state index contributed by atoms with van der Waals surface area (Å²) in [7, 11) is 4.12. The van der Waals surface area contributed by atoms with Crippen molar-refractivity contribution in [3.05, 3.63) is 28.1 Å². The molecule has 0 atom stereocenters. The van der Waals surface area contributed by atoms with Crippen molar-refractivity contribution in [3.8, 4) is 0 Å². The van der Waals surface area contributed by atoms with Gasteiger partial charge in [0.25, 0.3) is 0 Å². The van der Waals surface area contributed by atoms with Crippen molar-refractivity contribution in [2.75, 3.05) is 38.2 Å². The molecular weight excluding hydrogens is 348 g/mol. The zero-order valence-electron chi connectivity index (χ0n) is 12.0. The molecule has 2 aromatic heterocycles. The molecule has 3 aromatic rings. The molecule has 3 rings (SSSR count). The van der Waals surface area contributed by atoms with Crippen LogP contribution in [0, 0.1) is 0 Å². The Morgan fingerprint density at radius 2 is 2.10 bits per heavy atom. The summed E-state index contributed by atoms with van der Waals surface area (Å²) in [5.41, 5.74) is 7.56. The van der Waals surface area contributed by atoms with Crippen molar-refractivity contribution < 1.29 is 0 Å². The van der Waals surface area contributed by atoms with E-state index < -0.39 is 0 Å². The summed E-state index contributed by atoms with van der Waals surface area (Å²) >= 11 is 5.31. The molecular formula is C15H17BrN4S. The Bertz CT molecular complexity index is 797. The Balaban J connectivity index is 2.11. The fourth-order valence-corrected chi connectivity index (χ4v) is 3.92. The van der Waals surface area contributed by atoms with Crippen molar-refractivity contribution in [1.29, 1.82) is 0 Å². The van der Waals surface area contributed by atoms with Crippen LogP contribution in [0.5, 0.6) is 0 Å². The van der Waals surface area contributed by atoms with E-state index in [0.29, 0.717) is 0 Å². The van der Waals surface area contributed by atoms with Gasteiger partial charge in [0, 0.05) is 34.2 Å². The van der Waals surface area contributed by atoms with Crippen LogP contribution in [-0.2, 0) is 0 Å². The molecule has 110 valence electrons. The number of benzene rings is 1. The van der Waals surface area contributed by atoms with Crippen molar-refractivity contribution in [3.63, 3.8) is 0 Å². The Hall–Kier alpha value is -1.37. The maximum Gasteiger partial charge on any atom is 0.135 e. The highest BCUT2D eigenvalue weighted by atomic mass is 79.9. The van der Waals surface area contributed by atoms with Gasteiger partial charge in [-0.3, -0.25) is 0 Å². The van der Waals surface area contributed by atoms with E-state index in [0.717, 1.165) is 44.7 Å². The fraction of sp³-hybridized carbons (Fsp3) is 0.267. The second-order valence-electron chi connectivity index (χ2n) is 5.26. The number of thiophene rings is 1. The molecule has 2 heterocycles. The smallest absolute Gasteiger partial charge is 0.135 e. The topological polar surface area (TPSA) is 54.2 Å². The first-order chi connectivity index (χ1) is 10.0. The van der Waals surface area contributed by atoms with Crippen LogP contribution >= 0.6 is 27.3 Å². The minimum Gasteiger partial charge on any atom is -0.399 e. The molecule has 0 unspecified atom stereocenters. The first-order valence-corrected chi connectivity index (χ1v) is 8.32. The normalized spacial score (nSPS) is 11.6. The minimum atomic E-state index is 0.740. The SMILES string of the molecule is CN(C)CCNc1nc2cc(N)ccc2c2sc(Br)cc12. The number of aromatic nitrogens is 1. The molecule has 0 amide bonds. The van der Waals surface area contributed by atoms with E-state index in [-0.39, 0.29) is 0 Å². The summed E-state index contributed by atoms with van der Waals surface area (Å²) in [6, 6.07) is 8.03. The predicted octanol–water partition coefficient (Wildman–Crippen LogP) is 3.77. The molecule has 0 radical (unpaired) electrons. The summed E-state index contributed by atoms with van der Waals surface area (Å²) in [5, 5.41) is 5.74. The molecule has 1 aromatic carbocycles. The van der Waals surface area contributed by atoms with Crippen LogP contribution in [0.15, 0.2) is 28.1 Å². The number of pyridine rings is 1. The molecule has 0 aliphatic carbocycles. The van der Waals surface area contributed by atoms with Crippen LogP contribution in [0.25, 0.3) is 21.0 Å². The first kappa shape index (κ1) is 14.6. The van der Waals surface area contributed by atoms with Crippen LogP contribution < -0.4 is 11.1 Å². The van der Waals surface area contributed by atoms with Gasteiger partial charge in [0.2, 0.25) is 0 Å². The van der Waals surface area contributed by atoms with Crippen molar-refractivity contribution in [1.82, 2.24) is 9.88 Å². The number of rotatable bonds is 4. The van der Waals surface area contributed by atoms with Gasteiger partial charge in [0.1, 0.15) is 5.82 Å². The number of halogens is 1. The highest BCUT2D eigenvalue weighted by molar-refractivity contribution is 9.11. The fourth-order valence-electron chi connectivity index (χ4n) is 2.28. The molecule has 0 spiro atoms. The van der Waals surface area contributed by atoms with Crippen molar-refractivity contribution in [2.24, 2.45) is 0 Å². The zero-order chi connectivity index (χ0) is 15.0. The lowest BCUT2D eigenvalue weighted by Gasteiger charge is -2.12. The molecule has 3 N–H and O–H groups in total. The molecule has 4 nitrogen and oxygen atoms in total.